The molecule has 0 aliphatic carbocycles. The minimum atomic E-state index is -0.781. The highest BCUT2D eigenvalue weighted by molar-refractivity contribution is 6.30. The van der Waals surface area contributed by atoms with Gasteiger partial charge in [-0.1, -0.05) is 42.8 Å². The molecule has 4 rings (SSSR count). The number of hydrogen-bond donors (Lipinski definition) is 1. The molecule has 0 aliphatic heterocycles. The van der Waals surface area contributed by atoms with E-state index in [4.69, 9.17) is 11.6 Å². The molecule has 0 spiro atoms. The maximum atomic E-state index is 13.3. The molecule has 0 bridgehead atoms. The number of halogens is 1. The lowest BCUT2D eigenvalue weighted by molar-refractivity contribution is -0.119. The Hall–Kier alpha value is -3.45. The topological polar surface area (TPSA) is 81.8 Å². The molecule has 1 N–H and O–H groups in total. The van der Waals surface area contributed by atoms with Crippen LogP contribution in [0.3, 0.4) is 0 Å². The highest BCUT2D eigenvalue weighted by atomic mass is 35.5. The average molecular weight is 436 g/mol. The van der Waals surface area contributed by atoms with E-state index in [0.29, 0.717) is 33.7 Å². The van der Waals surface area contributed by atoms with Crippen LogP contribution in [0, 0.1) is 13.8 Å². The summed E-state index contributed by atoms with van der Waals surface area (Å²) in [7, 11) is 0. The predicted octanol–water partition coefficient (Wildman–Crippen LogP) is 4.44. The summed E-state index contributed by atoms with van der Waals surface area (Å²) in [5, 5.41) is 13.1. The Labute approximate surface area is 184 Å². The monoisotopic (exact) mass is 435 g/mol. The molecule has 1 amide bonds. The minimum absolute atomic E-state index is 0.294. The van der Waals surface area contributed by atoms with E-state index in [1.165, 1.54) is 4.68 Å². The van der Waals surface area contributed by atoms with Crippen molar-refractivity contribution in [2.24, 2.45) is 0 Å². The van der Waals surface area contributed by atoms with Gasteiger partial charge in [-0.15, -0.1) is 0 Å². The van der Waals surface area contributed by atoms with Crippen molar-refractivity contribution in [3.05, 3.63) is 81.4 Å². The van der Waals surface area contributed by atoms with Gasteiger partial charge in [0, 0.05) is 10.7 Å². The van der Waals surface area contributed by atoms with Crippen LogP contribution < -0.4 is 10.9 Å². The van der Waals surface area contributed by atoms with Gasteiger partial charge in [-0.2, -0.15) is 10.2 Å². The molecular weight excluding hydrogens is 414 g/mol. The summed E-state index contributed by atoms with van der Waals surface area (Å²) in [6.45, 7) is 5.57. The van der Waals surface area contributed by atoms with Gasteiger partial charge < -0.3 is 5.32 Å². The number of carbonyl (C=O) groups is 1. The lowest BCUT2D eigenvalue weighted by Gasteiger charge is -2.17. The number of nitrogens with zero attached hydrogens (tertiary/aromatic N) is 4. The van der Waals surface area contributed by atoms with Crippen molar-refractivity contribution in [2.75, 3.05) is 5.32 Å². The van der Waals surface area contributed by atoms with Crippen molar-refractivity contribution in [1.29, 1.82) is 0 Å². The fraction of sp³-hybridized carbons (Fsp3) is 0.217. The van der Waals surface area contributed by atoms with E-state index < -0.39 is 11.6 Å². The Bertz CT molecular complexity index is 1330. The van der Waals surface area contributed by atoms with Crippen LogP contribution in [0.1, 0.15) is 30.8 Å². The Morgan fingerprint density at radius 1 is 1.10 bits per heavy atom. The van der Waals surface area contributed by atoms with Gasteiger partial charge in [-0.05, 0) is 50.6 Å². The SMILES string of the molecule is CC[C@@H](C(=O)Nc1cccc(Cl)c1)n1nc(C)c2c(C)n(-c3ccccc3)nc2c1=O. The first-order valence-corrected chi connectivity index (χ1v) is 10.4. The number of nitrogens with one attached hydrogen (secondary N) is 1. The van der Waals surface area contributed by atoms with E-state index in [-0.39, 0.29) is 5.91 Å². The Kier molecular flexibility index (Phi) is 5.61. The molecule has 158 valence electrons. The zero-order valence-electron chi connectivity index (χ0n) is 17.5. The lowest BCUT2D eigenvalue weighted by atomic mass is 10.2. The maximum Gasteiger partial charge on any atom is 0.295 e. The average Bonchev–Trinajstić information content (AvgIpc) is 3.11. The van der Waals surface area contributed by atoms with Crippen LogP contribution in [-0.2, 0) is 4.79 Å². The fourth-order valence-electron chi connectivity index (χ4n) is 3.74. The van der Waals surface area contributed by atoms with Crippen LogP contribution in [0.2, 0.25) is 5.02 Å². The van der Waals surface area contributed by atoms with Gasteiger partial charge in [-0.3, -0.25) is 9.59 Å². The van der Waals surface area contributed by atoms with E-state index in [1.54, 1.807) is 28.9 Å². The lowest BCUT2D eigenvalue weighted by Crippen LogP contribution is -2.35. The highest BCUT2D eigenvalue weighted by Gasteiger charge is 2.25. The van der Waals surface area contributed by atoms with Crippen molar-refractivity contribution in [1.82, 2.24) is 19.6 Å². The second kappa shape index (κ2) is 8.35. The van der Waals surface area contributed by atoms with E-state index in [1.807, 2.05) is 51.1 Å². The molecular formula is C23H22ClN5O2. The molecule has 0 radical (unpaired) electrons. The standard InChI is InChI=1S/C23H22ClN5O2/c1-4-19(22(30)25-17-10-8-9-16(24)13-17)29-23(31)21-20(14(2)26-29)15(3)28(27-21)18-11-6-5-7-12-18/h5-13,19H,4H2,1-3H3,(H,25,30)/t19-/m0/s1. The number of rotatable bonds is 5. The van der Waals surface area contributed by atoms with Gasteiger partial charge in [0.1, 0.15) is 6.04 Å². The van der Waals surface area contributed by atoms with Crippen molar-refractivity contribution >= 4 is 34.1 Å². The third kappa shape index (κ3) is 3.84. The fourth-order valence-corrected chi connectivity index (χ4v) is 3.93. The smallest absolute Gasteiger partial charge is 0.295 e. The number of benzene rings is 2. The number of carbonyl (C=O) groups excluding carboxylic acids is 1. The molecule has 1 atom stereocenters. The zero-order chi connectivity index (χ0) is 22.1. The van der Waals surface area contributed by atoms with E-state index in [2.05, 4.69) is 15.5 Å². The summed E-state index contributed by atoms with van der Waals surface area (Å²) in [4.78, 5) is 26.3. The van der Waals surface area contributed by atoms with Crippen LogP contribution in [0.15, 0.2) is 59.4 Å². The first-order chi connectivity index (χ1) is 14.9. The van der Waals surface area contributed by atoms with Crippen molar-refractivity contribution in [3.8, 4) is 5.69 Å². The third-order valence-corrected chi connectivity index (χ3v) is 5.46. The number of hydrogen-bond acceptors (Lipinski definition) is 4. The Balaban J connectivity index is 1.79. The van der Waals surface area contributed by atoms with E-state index in [0.717, 1.165) is 11.4 Å². The molecule has 0 saturated carbocycles. The summed E-state index contributed by atoms with van der Waals surface area (Å²) >= 11 is 6.01. The summed E-state index contributed by atoms with van der Waals surface area (Å²) in [5.74, 6) is -0.336. The predicted molar refractivity (Wildman–Crippen MR) is 122 cm³/mol. The molecule has 2 aromatic carbocycles. The minimum Gasteiger partial charge on any atom is -0.324 e. The van der Waals surface area contributed by atoms with Crippen LogP contribution in [0.5, 0.6) is 0 Å². The molecule has 0 aliphatic rings. The summed E-state index contributed by atoms with van der Waals surface area (Å²) in [6.07, 6.45) is 0.391. The zero-order valence-corrected chi connectivity index (χ0v) is 18.2. The molecule has 2 heterocycles. The number of aromatic nitrogens is 4. The number of aryl methyl sites for hydroxylation is 2. The third-order valence-electron chi connectivity index (χ3n) is 5.22. The van der Waals surface area contributed by atoms with Gasteiger partial charge in [0.25, 0.3) is 5.56 Å². The molecule has 2 aromatic heterocycles. The molecule has 7 nitrogen and oxygen atoms in total. The van der Waals surface area contributed by atoms with E-state index in [9.17, 15) is 9.59 Å². The summed E-state index contributed by atoms with van der Waals surface area (Å²) in [6, 6.07) is 15.7. The van der Waals surface area contributed by atoms with Gasteiger partial charge in [0.2, 0.25) is 5.91 Å². The van der Waals surface area contributed by atoms with Crippen LogP contribution in [-0.4, -0.2) is 25.5 Å². The molecule has 0 fully saturated rings. The number of amides is 1. The van der Waals surface area contributed by atoms with Crippen molar-refractivity contribution in [2.45, 2.75) is 33.2 Å². The van der Waals surface area contributed by atoms with Crippen LogP contribution in [0.4, 0.5) is 5.69 Å². The summed E-state index contributed by atoms with van der Waals surface area (Å²) < 4.78 is 2.97. The van der Waals surface area contributed by atoms with Gasteiger partial charge in [0.05, 0.1) is 22.5 Å². The van der Waals surface area contributed by atoms with Gasteiger partial charge in [0.15, 0.2) is 5.52 Å². The molecule has 0 unspecified atom stereocenters. The van der Waals surface area contributed by atoms with Crippen LogP contribution in [0.25, 0.3) is 16.6 Å². The van der Waals surface area contributed by atoms with Gasteiger partial charge >= 0.3 is 0 Å². The number of anilines is 1. The van der Waals surface area contributed by atoms with Crippen LogP contribution >= 0.6 is 11.6 Å². The number of para-hydroxylation sites is 1. The van der Waals surface area contributed by atoms with Crippen molar-refractivity contribution < 1.29 is 4.79 Å². The molecule has 8 heteroatoms. The molecule has 0 saturated heterocycles. The normalized spacial score (nSPS) is 12.1. The largest absolute Gasteiger partial charge is 0.324 e. The van der Waals surface area contributed by atoms with Gasteiger partial charge in [-0.25, -0.2) is 9.36 Å². The Morgan fingerprint density at radius 2 is 1.84 bits per heavy atom. The second-order valence-corrected chi connectivity index (χ2v) is 7.75. The molecule has 4 aromatic rings. The first kappa shape index (κ1) is 20.8. The molecule has 31 heavy (non-hydrogen) atoms. The van der Waals surface area contributed by atoms with E-state index >= 15 is 0 Å². The number of fused-ring (bicyclic) bond motifs is 1. The second-order valence-electron chi connectivity index (χ2n) is 7.32. The Morgan fingerprint density at radius 3 is 2.52 bits per heavy atom. The summed E-state index contributed by atoms with van der Waals surface area (Å²) in [5.41, 5.74) is 2.78. The quantitative estimate of drug-likeness (QED) is 0.502. The maximum absolute atomic E-state index is 13.3. The first-order valence-electron chi connectivity index (χ1n) is 10.0. The highest BCUT2D eigenvalue weighted by Crippen LogP contribution is 2.23. The van der Waals surface area contributed by atoms with Crippen molar-refractivity contribution in [3.63, 3.8) is 0 Å².